The van der Waals surface area contributed by atoms with Crippen LogP contribution in [-0.4, -0.2) is 17.2 Å². The van der Waals surface area contributed by atoms with Crippen molar-refractivity contribution >= 4 is 5.97 Å². The summed E-state index contributed by atoms with van der Waals surface area (Å²) in [5.74, 6) is -0.306. The van der Waals surface area contributed by atoms with E-state index in [9.17, 15) is 9.90 Å². The van der Waals surface area contributed by atoms with Crippen LogP contribution < -0.4 is 0 Å². The number of aliphatic hydroxyl groups excluding tert-OH is 1. The van der Waals surface area contributed by atoms with E-state index in [1.54, 1.807) is 12.5 Å². The SMILES string of the molecule is CC1=C2C(=O)O[C@@H](c3ccoc3)[C@]2(C)CC[C@@H]1O. The fourth-order valence-electron chi connectivity index (χ4n) is 3.21. The van der Waals surface area contributed by atoms with Gasteiger partial charge in [0, 0.05) is 16.6 Å². The number of aliphatic hydroxyl groups is 1. The van der Waals surface area contributed by atoms with Gasteiger partial charge in [-0.25, -0.2) is 4.79 Å². The van der Waals surface area contributed by atoms with Crippen molar-refractivity contribution in [2.45, 2.75) is 38.9 Å². The minimum Gasteiger partial charge on any atom is -0.472 e. The number of esters is 1. The summed E-state index contributed by atoms with van der Waals surface area (Å²) in [7, 11) is 0. The molecule has 3 atom stereocenters. The van der Waals surface area contributed by atoms with Gasteiger partial charge in [-0.2, -0.15) is 0 Å². The van der Waals surface area contributed by atoms with Crippen LogP contribution in [-0.2, 0) is 9.53 Å². The minimum atomic E-state index is -0.524. The van der Waals surface area contributed by atoms with Crippen LogP contribution in [0.15, 0.2) is 34.2 Å². The van der Waals surface area contributed by atoms with Crippen LogP contribution in [0.4, 0.5) is 0 Å². The zero-order valence-corrected chi connectivity index (χ0v) is 10.5. The van der Waals surface area contributed by atoms with Gasteiger partial charge in [-0.1, -0.05) is 6.92 Å². The molecule has 96 valence electrons. The summed E-state index contributed by atoms with van der Waals surface area (Å²) in [4.78, 5) is 12.1. The van der Waals surface area contributed by atoms with Gasteiger partial charge in [0.15, 0.2) is 0 Å². The van der Waals surface area contributed by atoms with Crippen molar-refractivity contribution in [3.63, 3.8) is 0 Å². The fraction of sp³-hybridized carbons (Fsp3) is 0.500. The van der Waals surface area contributed by atoms with Crippen LogP contribution in [0.1, 0.15) is 38.4 Å². The highest BCUT2D eigenvalue weighted by atomic mass is 16.6. The van der Waals surface area contributed by atoms with E-state index >= 15 is 0 Å². The highest BCUT2D eigenvalue weighted by molar-refractivity contribution is 5.94. The highest BCUT2D eigenvalue weighted by Gasteiger charge is 2.54. The van der Waals surface area contributed by atoms with Gasteiger partial charge in [-0.05, 0) is 31.4 Å². The standard InChI is InChI=1S/C14H16O4/c1-8-10(15)3-5-14(2)11(8)13(16)18-12(14)9-4-6-17-7-9/h4,6-7,10,12,15H,3,5H2,1-2H3/t10-,12-,14+/m0/s1. The van der Waals surface area contributed by atoms with Crippen LogP contribution in [0.25, 0.3) is 0 Å². The van der Waals surface area contributed by atoms with Gasteiger partial charge >= 0.3 is 5.97 Å². The van der Waals surface area contributed by atoms with Gasteiger partial charge < -0.3 is 14.3 Å². The van der Waals surface area contributed by atoms with Crippen molar-refractivity contribution < 1.29 is 19.1 Å². The van der Waals surface area contributed by atoms with Gasteiger partial charge in [0.1, 0.15) is 6.10 Å². The molecule has 0 amide bonds. The summed E-state index contributed by atoms with van der Waals surface area (Å²) >= 11 is 0. The second-order valence-corrected chi connectivity index (χ2v) is 5.37. The molecule has 0 radical (unpaired) electrons. The number of fused-ring (bicyclic) bond motifs is 1. The van der Waals surface area contributed by atoms with Crippen molar-refractivity contribution in [2.75, 3.05) is 0 Å². The number of rotatable bonds is 1. The molecular weight excluding hydrogens is 232 g/mol. The Labute approximate surface area is 105 Å². The van der Waals surface area contributed by atoms with Gasteiger partial charge in [-0.15, -0.1) is 0 Å². The summed E-state index contributed by atoms with van der Waals surface area (Å²) in [5, 5.41) is 9.89. The lowest BCUT2D eigenvalue weighted by atomic mass is 9.67. The molecule has 4 heteroatoms. The molecule has 1 aliphatic heterocycles. The molecule has 1 aromatic rings. The Morgan fingerprint density at radius 1 is 1.50 bits per heavy atom. The van der Waals surface area contributed by atoms with E-state index in [1.807, 2.05) is 19.9 Å². The zero-order valence-electron chi connectivity index (χ0n) is 10.5. The van der Waals surface area contributed by atoms with Crippen molar-refractivity contribution in [1.29, 1.82) is 0 Å². The van der Waals surface area contributed by atoms with E-state index in [2.05, 4.69) is 0 Å². The third-order valence-corrected chi connectivity index (χ3v) is 4.26. The number of carbonyl (C=O) groups excluding carboxylic acids is 1. The molecule has 1 fully saturated rings. The maximum absolute atomic E-state index is 12.1. The van der Waals surface area contributed by atoms with Crippen LogP contribution >= 0.6 is 0 Å². The largest absolute Gasteiger partial charge is 0.472 e. The Balaban J connectivity index is 2.11. The Bertz CT molecular complexity index is 514. The Morgan fingerprint density at radius 3 is 2.94 bits per heavy atom. The fourth-order valence-corrected chi connectivity index (χ4v) is 3.21. The van der Waals surface area contributed by atoms with Crippen LogP contribution in [0.3, 0.4) is 0 Å². The molecule has 1 aliphatic carbocycles. The van der Waals surface area contributed by atoms with E-state index in [4.69, 9.17) is 9.15 Å². The quantitative estimate of drug-likeness (QED) is 0.775. The van der Waals surface area contributed by atoms with Crippen LogP contribution in [0.5, 0.6) is 0 Å². The Hall–Kier alpha value is -1.55. The van der Waals surface area contributed by atoms with Crippen molar-refractivity contribution in [2.24, 2.45) is 5.41 Å². The molecule has 0 bridgehead atoms. The van der Waals surface area contributed by atoms with Gasteiger partial charge in [0.25, 0.3) is 0 Å². The number of ether oxygens (including phenoxy) is 1. The summed E-state index contributed by atoms with van der Waals surface area (Å²) < 4.78 is 10.6. The first-order chi connectivity index (χ1) is 8.54. The third-order valence-electron chi connectivity index (χ3n) is 4.26. The Kier molecular flexibility index (Phi) is 2.38. The molecule has 4 nitrogen and oxygen atoms in total. The number of hydrogen-bond donors (Lipinski definition) is 1. The monoisotopic (exact) mass is 248 g/mol. The first kappa shape index (κ1) is 11.5. The van der Waals surface area contributed by atoms with Crippen LogP contribution in [0, 0.1) is 5.41 Å². The lowest BCUT2D eigenvalue weighted by Gasteiger charge is -2.35. The molecule has 0 spiro atoms. The average molecular weight is 248 g/mol. The molecule has 2 aliphatic rings. The zero-order chi connectivity index (χ0) is 12.9. The van der Waals surface area contributed by atoms with Gasteiger partial charge in [0.05, 0.1) is 18.6 Å². The van der Waals surface area contributed by atoms with E-state index in [-0.39, 0.29) is 17.5 Å². The summed E-state index contributed by atoms with van der Waals surface area (Å²) in [6, 6.07) is 1.83. The topological polar surface area (TPSA) is 59.7 Å². The normalized spacial score (nSPS) is 35.6. The predicted octanol–water partition coefficient (Wildman–Crippen LogP) is 2.36. The maximum atomic E-state index is 12.1. The summed E-state index contributed by atoms with van der Waals surface area (Å²) in [6.45, 7) is 3.84. The number of carbonyl (C=O) groups is 1. The molecule has 18 heavy (non-hydrogen) atoms. The van der Waals surface area contributed by atoms with Gasteiger partial charge in [-0.3, -0.25) is 0 Å². The summed E-state index contributed by atoms with van der Waals surface area (Å²) in [6.07, 6.45) is 3.77. The smallest absolute Gasteiger partial charge is 0.335 e. The second-order valence-electron chi connectivity index (χ2n) is 5.37. The molecule has 3 rings (SSSR count). The lowest BCUT2D eigenvalue weighted by Crippen LogP contribution is -2.31. The predicted molar refractivity (Wildman–Crippen MR) is 63.6 cm³/mol. The van der Waals surface area contributed by atoms with Crippen molar-refractivity contribution in [3.05, 3.63) is 35.3 Å². The molecular formula is C14H16O4. The average Bonchev–Trinajstić information content (AvgIpc) is 2.92. The molecule has 1 saturated heterocycles. The van der Waals surface area contributed by atoms with Crippen molar-refractivity contribution in [3.8, 4) is 0 Å². The molecule has 2 heterocycles. The third kappa shape index (κ3) is 1.38. The number of cyclic esters (lactones) is 1. The molecule has 0 unspecified atom stereocenters. The van der Waals surface area contributed by atoms with Gasteiger partial charge in [0.2, 0.25) is 0 Å². The van der Waals surface area contributed by atoms with E-state index < -0.39 is 6.10 Å². The van der Waals surface area contributed by atoms with Crippen molar-refractivity contribution in [1.82, 2.24) is 0 Å². The molecule has 0 saturated carbocycles. The minimum absolute atomic E-state index is 0.304. The Morgan fingerprint density at radius 2 is 2.28 bits per heavy atom. The summed E-state index contributed by atoms with van der Waals surface area (Å²) in [5.41, 5.74) is 1.92. The highest BCUT2D eigenvalue weighted by Crippen LogP contribution is 2.55. The molecule has 0 aromatic carbocycles. The molecule has 1 N–H and O–H groups in total. The number of furan rings is 1. The van der Waals surface area contributed by atoms with E-state index in [0.29, 0.717) is 12.0 Å². The first-order valence-corrected chi connectivity index (χ1v) is 6.16. The molecule has 1 aromatic heterocycles. The maximum Gasteiger partial charge on any atom is 0.335 e. The van der Waals surface area contributed by atoms with E-state index in [0.717, 1.165) is 17.6 Å². The van der Waals surface area contributed by atoms with Crippen LogP contribution in [0.2, 0.25) is 0 Å². The number of hydrogen-bond acceptors (Lipinski definition) is 4. The second kappa shape index (κ2) is 3.72. The van der Waals surface area contributed by atoms with E-state index in [1.165, 1.54) is 0 Å². The first-order valence-electron chi connectivity index (χ1n) is 6.16. The lowest BCUT2D eigenvalue weighted by molar-refractivity contribution is -0.140.